The first kappa shape index (κ1) is 18.2. The van der Waals surface area contributed by atoms with Crippen LogP contribution in [0.1, 0.15) is 33.6 Å². The lowest BCUT2D eigenvalue weighted by molar-refractivity contribution is -0.122. The summed E-state index contributed by atoms with van der Waals surface area (Å²) in [4.78, 5) is 23.6. The lowest BCUT2D eigenvalue weighted by Crippen LogP contribution is -2.47. The number of hydrogen-bond acceptors (Lipinski definition) is 4. The van der Waals surface area contributed by atoms with Crippen LogP contribution in [0.5, 0.6) is 0 Å². The van der Waals surface area contributed by atoms with Gasteiger partial charge in [-0.1, -0.05) is 18.2 Å². The van der Waals surface area contributed by atoms with Crippen LogP contribution in [0.2, 0.25) is 0 Å². The van der Waals surface area contributed by atoms with Gasteiger partial charge in [0, 0.05) is 7.05 Å². The Morgan fingerprint density at radius 3 is 2.73 bits per heavy atom. The van der Waals surface area contributed by atoms with Crippen molar-refractivity contribution in [2.24, 2.45) is 0 Å². The van der Waals surface area contributed by atoms with Crippen molar-refractivity contribution in [3.63, 3.8) is 0 Å². The fourth-order valence-corrected chi connectivity index (χ4v) is 1.90. The molecule has 0 aliphatic carbocycles. The predicted octanol–water partition coefficient (Wildman–Crippen LogP) is 1.92. The normalized spacial score (nSPS) is 16.8. The zero-order chi connectivity index (χ0) is 16.6. The smallest absolute Gasteiger partial charge is 0.408 e. The molecule has 1 rings (SSSR count). The van der Waals surface area contributed by atoms with E-state index in [1.807, 2.05) is 18.2 Å². The Kier molecular flexibility index (Phi) is 7.11. The van der Waals surface area contributed by atoms with E-state index >= 15 is 0 Å². The first-order valence-electron chi connectivity index (χ1n) is 7.46. The molecule has 0 spiro atoms. The maximum atomic E-state index is 11.8. The molecule has 0 aromatic carbocycles. The summed E-state index contributed by atoms with van der Waals surface area (Å²) in [6, 6.07) is -0.656. The zero-order valence-electron chi connectivity index (χ0n) is 13.8. The average molecular weight is 310 g/mol. The van der Waals surface area contributed by atoms with Crippen LogP contribution in [-0.4, -0.2) is 43.9 Å². The van der Waals surface area contributed by atoms with Gasteiger partial charge in [-0.25, -0.2) is 4.79 Å². The van der Waals surface area contributed by atoms with Crippen molar-refractivity contribution in [1.82, 2.24) is 10.6 Å². The summed E-state index contributed by atoms with van der Waals surface area (Å²) < 4.78 is 10.4. The number of hydrogen-bond donors (Lipinski definition) is 2. The van der Waals surface area contributed by atoms with Gasteiger partial charge in [0.25, 0.3) is 0 Å². The fraction of sp³-hybridized carbons (Fsp3) is 0.625. The molecule has 0 saturated carbocycles. The average Bonchev–Trinajstić information content (AvgIpc) is 2.44. The highest BCUT2D eigenvalue weighted by Crippen LogP contribution is 2.10. The third-order valence-electron chi connectivity index (χ3n) is 2.96. The largest absolute Gasteiger partial charge is 0.444 e. The van der Waals surface area contributed by atoms with Crippen LogP contribution < -0.4 is 10.6 Å². The maximum absolute atomic E-state index is 11.8. The molecule has 1 atom stereocenters. The molecule has 6 heteroatoms. The third-order valence-corrected chi connectivity index (χ3v) is 2.96. The number of allylic oxidation sites excluding steroid dienone is 1. The van der Waals surface area contributed by atoms with Gasteiger partial charge in [-0.05, 0) is 39.2 Å². The van der Waals surface area contributed by atoms with Crippen molar-refractivity contribution in [3.05, 3.63) is 23.8 Å². The summed E-state index contributed by atoms with van der Waals surface area (Å²) in [5.41, 5.74) is 0.583. The van der Waals surface area contributed by atoms with E-state index in [-0.39, 0.29) is 5.91 Å². The molecule has 1 heterocycles. The van der Waals surface area contributed by atoms with Gasteiger partial charge in [0.05, 0.1) is 13.2 Å². The number of rotatable bonds is 5. The van der Waals surface area contributed by atoms with Crippen molar-refractivity contribution >= 4 is 12.0 Å². The van der Waals surface area contributed by atoms with Gasteiger partial charge in [0.2, 0.25) is 5.91 Å². The number of amides is 2. The molecule has 0 fully saturated rings. The fourth-order valence-electron chi connectivity index (χ4n) is 1.90. The Hall–Kier alpha value is -1.82. The van der Waals surface area contributed by atoms with Crippen molar-refractivity contribution in [1.29, 1.82) is 0 Å². The summed E-state index contributed by atoms with van der Waals surface area (Å²) in [7, 11) is 1.54. The summed E-state index contributed by atoms with van der Waals surface area (Å²) in [6.45, 7) is 6.66. The van der Waals surface area contributed by atoms with Gasteiger partial charge >= 0.3 is 6.09 Å². The predicted molar refractivity (Wildman–Crippen MR) is 84.5 cm³/mol. The lowest BCUT2D eigenvalue weighted by atomic mass is 10.1. The van der Waals surface area contributed by atoms with Crippen LogP contribution in [0.3, 0.4) is 0 Å². The van der Waals surface area contributed by atoms with Crippen LogP contribution in [0.25, 0.3) is 0 Å². The molecule has 1 aliphatic rings. The van der Waals surface area contributed by atoms with E-state index in [2.05, 4.69) is 10.6 Å². The molecule has 2 N–H and O–H groups in total. The van der Waals surface area contributed by atoms with Crippen molar-refractivity contribution in [3.8, 4) is 0 Å². The second kappa shape index (κ2) is 8.58. The Balaban J connectivity index is 2.57. The molecule has 0 aromatic rings. The molecule has 6 nitrogen and oxygen atoms in total. The SMILES string of the molecule is CNC(=O)[C@H](C/C=C/C1=CCOCC1)NC(=O)OC(C)(C)C. The molecule has 124 valence electrons. The summed E-state index contributed by atoms with van der Waals surface area (Å²) in [5, 5.41) is 5.14. The molecule has 0 unspecified atom stereocenters. The number of likely N-dealkylation sites (N-methyl/N-ethyl adjacent to an activating group) is 1. The molecule has 0 radical (unpaired) electrons. The van der Waals surface area contributed by atoms with Gasteiger partial charge in [0.15, 0.2) is 0 Å². The van der Waals surface area contributed by atoms with Gasteiger partial charge in [-0.15, -0.1) is 0 Å². The van der Waals surface area contributed by atoms with Gasteiger partial charge in [-0.3, -0.25) is 4.79 Å². The van der Waals surface area contributed by atoms with Crippen molar-refractivity contribution in [2.75, 3.05) is 20.3 Å². The lowest BCUT2D eigenvalue weighted by Gasteiger charge is -2.22. The van der Waals surface area contributed by atoms with Crippen molar-refractivity contribution in [2.45, 2.75) is 45.3 Å². The summed E-state index contributed by atoms with van der Waals surface area (Å²) in [5.74, 6) is -0.253. The highest BCUT2D eigenvalue weighted by molar-refractivity contribution is 5.85. The van der Waals surface area contributed by atoms with Gasteiger partial charge < -0.3 is 20.1 Å². The van der Waals surface area contributed by atoms with Gasteiger partial charge in [0.1, 0.15) is 11.6 Å². The number of alkyl carbamates (subject to hydrolysis) is 1. The Morgan fingerprint density at radius 1 is 1.45 bits per heavy atom. The molecular formula is C16H26N2O4. The second-order valence-corrected chi connectivity index (χ2v) is 6.06. The Labute approximate surface area is 131 Å². The first-order valence-corrected chi connectivity index (χ1v) is 7.46. The topological polar surface area (TPSA) is 76.7 Å². The molecule has 2 amide bonds. The van der Waals surface area contributed by atoms with E-state index in [0.717, 1.165) is 6.42 Å². The zero-order valence-corrected chi connectivity index (χ0v) is 13.8. The van der Waals surface area contributed by atoms with E-state index in [4.69, 9.17) is 9.47 Å². The number of nitrogens with one attached hydrogen (secondary N) is 2. The summed E-state index contributed by atoms with van der Waals surface area (Å²) >= 11 is 0. The van der Waals surface area contributed by atoms with Crippen LogP contribution in [0, 0.1) is 0 Å². The molecular weight excluding hydrogens is 284 g/mol. The van der Waals surface area contributed by atoms with Crippen molar-refractivity contribution < 1.29 is 19.1 Å². The minimum Gasteiger partial charge on any atom is -0.444 e. The number of carbonyl (C=O) groups is 2. The number of ether oxygens (including phenoxy) is 2. The van der Waals surface area contributed by atoms with E-state index < -0.39 is 17.7 Å². The highest BCUT2D eigenvalue weighted by atomic mass is 16.6. The molecule has 0 bridgehead atoms. The van der Waals surface area contributed by atoms with E-state index in [9.17, 15) is 9.59 Å². The maximum Gasteiger partial charge on any atom is 0.408 e. The molecule has 0 saturated heterocycles. The van der Waals surface area contributed by atoms with Crippen LogP contribution in [-0.2, 0) is 14.3 Å². The molecule has 1 aliphatic heterocycles. The quantitative estimate of drug-likeness (QED) is 0.813. The van der Waals surface area contributed by atoms with Crippen LogP contribution in [0.15, 0.2) is 23.8 Å². The molecule has 0 aromatic heterocycles. The van der Waals surface area contributed by atoms with Crippen LogP contribution in [0.4, 0.5) is 4.79 Å². The Morgan fingerprint density at radius 2 is 2.18 bits per heavy atom. The number of carbonyl (C=O) groups excluding carboxylic acids is 2. The van der Waals surface area contributed by atoms with Crippen LogP contribution >= 0.6 is 0 Å². The standard InChI is InChI=1S/C16H26N2O4/c1-16(2,3)22-15(20)18-13(14(19)17-4)7-5-6-12-8-10-21-11-9-12/h5-6,8,13H,7,9-11H2,1-4H3,(H,17,19)(H,18,20)/b6-5+/t13-/m0/s1. The highest BCUT2D eigenvalue weighted by Gasteiger charge is 2.22. The minimum absolute atomic E-state index is 0.253. The van der Waals surface area contributed by atoms with Gasteiger partial charge in [-0.2, -0.15) is 0 Å². The Bertz CT molecular complexity index is 450. The minimum atomic E-state index is -0.656. The molecule has 22 heavy (non-hydrogen) atoms. The monoisotopic (exact) mass is 310 g/mol. The second-order valence-electron chi connectivity index (χ2n) is 6.06. The van der Waals surface area contributed by atoms with E-state index in [1.54, 1.807) is 20.8 Å². The van der Waals surface area contributed by atoms with E-state index in [1.165, 1.54) is 12.6 Å². The third kappa shape index (κ3) is 7.26. The van der Waals surface area contributed by atoms with E-state index in [0.29, 0.717) is 19.6 Å². The first-order chi connectivity index (χ1) is 10.3. The summed E-state index contributed by atoms with van der Waals surface area (Å²) in [6.07, 6.45) is 6.53.